The molecule has 4 aromatic rings. The molecule has 2 aliphatic rings. The first kappa shape index (κ1) is 34.5. The van der Waals surface area contributed by atoms with E-state index in [0.29, 0.717) is 42.4 Å². The molecular weight excluding hydrogens is 664 g/mol. The third-order valence-corrected chi connectivity index (χ3v) is 9.36. The van der Waals surface area contributed by atoms with Crippen LogP contribution in [0.4, 0.5) is 29.1 Å². The SMILES string of the molecule is CCc1c(C2CCN(C(=O)c3ncnc(C)c3O)[C@H]3CC[C@H]23)c(=O)c2nc(N(C)C)cnc2n1CC(=O)Nc1ccc(OC(F)(F)F)cc1F. The summed E-state index contributed by atoms with van der Waals surface area (Å²) in [5, 5.41) is 12.9. The van der Waals surface area contributed by atoms with E-state index in [1.54, 1.807) is 35.4 Å². The van der Waals surface area contributed by atoms with Crippen molar-refractivity contribution in [2.75, 3.05) is 30.9 Å². The summed E-state index contributed by atoms with van der Waals surface area (Å²) in [4.78, 5) is 61.8. The number of fused-ring (bicyclic) bond motifs is 2. The van der Waals surface area contributed by atoms with Gasteiger partial charge in [0.1, 0.15) is 30.3 Å². The number of benzene rings is 1. The predicted molar refractivity (Wildman–Crippen MR) is 173 cm³/mol. The zero-order valence-corrected chi connectivity index (χ0v) is 27.6. The second kappa shape index (κ2) is 13.2. The molecule has 3 atom stereocenters. The van der Waals surface area contributed by atoms with Crippen LogP contribution >= 0.6 is 0 Å². The molecule has 2 fully saturated rings. The van der Waals surface area contributed by atoms with Gasteiger partial charge < -0.3 is 29.5 Å². The van der Waals surface area contributed by atoms with Crippen LogP contribution in [0.1, 0.15) is 59.5 Å². The fraction of sp³-hybridized carbons (Fsp3) is 0.424. The highest BCUT2D eigenvalue weighted by atomic mass is 19.4. The highest BCUT2D eigenvalue weighted by Crippen LogP contribution is 2.48. The number of carbonyl (C=O) groups excluding carboxylic acids is 2. The number of hydrogen-bond donors (Lipinski definition) is 2. The smallest absolute Gasteiger partial charge is 0.504 e. The number of amides is 2. The van der Waals surface area contributed by atoms with Crippen molar-refractivity contribution in [3.05, 3.63) is 69.4 Å². The molecule has 0 spiro atoms. The normalized spacial score (nSPS) is 18.7. The number of anilines is 2. The van der Waals surface area contributed by atoms with Crippen LogP contribution in [0.15, 0.2) is 35.5 Å². The Morgan fingerprint density at radius 1 is 1.14 bits per heavy atom. The first-order valence-corrected chi connectivity index (χ1v) is 15.9. The zero-order chi connectivity index (χ0) is 36.1. The molecule has 4 heterocycles. The van der Waals surface area contributed by atoms with E-state index >= 15 is 0 Å². The molecule has 1 aliphatic heterocycles. The Kier molecular flexibility index (Phi) is 9.09. The van der Waals surface area contributed by atoms with Crippen LogP contribution in [0, 0.1) is 18.7 Å². The molecule has 2 amide bonds. The molecule has 0 bridgehead atoms. The lowest BCUT2D eigenvalue weighted by atomic mass is 9.64. The lowest BCUT2D eigenvalue weighted by Crippen LogP contribution is -2.56. The van der Waals surface area contributed by atoms with E-state index in [1.165, 1.54) is 12.5 Å². The topological polar surface area (TPSA) is 156 Å². The standard InChI is InChI=1S/C33H34F4N8O5/c1-5-22-26(19-10-11-44(23-9-7-18(19)23)32(49)28-29(47)16(2)39-15-40-28)30(48)27-31(38-13-24(42-27)43(3)4)45(22)14-25(46)41-21-8-6-17(12-20(21)34)50-33(35,36)37/h6,8,12-13,15,18-19,23,47H,5,7,9-11,14H2,1-4H3,(H,41,46)/t18-,19?,23+/m1/s1. The van der Waals surface area contributed by atoms with Crippen molar-refractivity contribution < 1.29 is 37.0 Å². The molecule has 1 aliphatic carbocycles. The van der Waals surface area contributed by atoms with E-state index in [9.17, 15) is 37.1 Å². The molecule has 50 heavy (non-hydrogen) atoms. The Balaban J connectivity index is 1.36. The van der Waals surface area contributed by atoms with E-state index in [-0.39, 0.29) is 63.8 Å². The molecular formula is C33H34F4N8O5. The largest absolute Gasteiger partial charge is 0.573 e. The molecule has 2 N–H and O–H groups in total. The number of aromatic hydroxyl groups is 1. The highest BCUT2D eigenvalue weighted by Gasteiger charge is 2.48. The highest BCUT2D eigenvalue weighted by molar-refractivity contribution is 5.95. The van der Waals surface area contributed by atoms with Gasteiger partial charge in [-0.15, -0.1) is 13.2 Å². The third kappa shape index (κ3) is 6.38. The second-order valence-electron chi connectivity index (χ2n) is 12.5. The summed E-state index contributed by atoms with van der Waals surface area (Å²) in [7, 11) is 3.48. The van der Waals surface area contributed by atoms with Crippen molar-refractivity contribution in [2.24, 2.45) is 5.92 Å². The second-order valence-corrected chi connectivity index (χ2v) is 12.5. The van der Waals surface area contributed by atoms with Crippen LogP contribution in [0.2, 0.25) is 0 Å². The van der Waals surface area contributed by atoms with E-state index in [4.69, 9.17) is 0 Å². The first-order valence-electron chi connectivity index (χ1n) is 15.9. The van der Waals surface area contributed by atoms with Gasteiger partial charge in [-0.25, -0.2) is 24.3 Å². The third-order valence-electron chi connectivity index (χ3n) is 9.36. The first-order chi connectivity index (χ1) is 23.7. The summed E-state index contributed by atoms with van der Waals surface area (Å²) >= 11 is 0. The van der Waals surface area contributed by atoms with E-state index in [2.05, 4.69) is 30.0 Å². The van der Waals surface area contributed by atoms with Gasteiger partial charge in [-0.1, -0.05) is 6.92 Å². The Bertz CT molecular complexity index is 2050. The van der Waals surface area contributed by atoms with Gasteiger partial charge in [0, 0.05) is 44.0 Å². The number of nitrogens with one attached hydrogen (secondary N) is 1. The summed E-state index contributed by atoms with van der Waals surface area (Å²) in [6.07, 6.45) is -0.190. The number of halogens is 4. The van der Waals surface area contributed by atoms with Crippen molar-refractivity contribution in [3.63, 3.8) is 0 Å². The minimum Gasteiger partial charge on any atom is -0.504 e. The number of alkyl halides is 3. The maximum atomic E-state index is 14.7. The molecule has 13 nitrogen and oxygen atoms in total. The van der Waals surface area contributed by atoms with Gasteiger partial charge in [-0.2, -0.15) is 0 Å². The van der Waals surface area contributed by atoms with Crippen LogP contribution in [0.25, 0.3) is 11.2 Å². The molecule has 0 radical (unpaired) electrons. The van der Waals surface area contributed by atoms with Crippen LogP contribution < -0.4 is 20.4 Å². The van der Waals surface area contributed by atoms with E-state index in [0.717, 1.165) is 18.6 Å². The maximum absolute atomic E-state index is 14.7. The Hall–Kier alpha value is -5.35. The lowest BCUT2D eigenvalue weighted by molar-refractivity contribution is -0.274. The summed E-state index contributed by atoms with van der Waals surface area (Å²) < 4.78 is 57.9. The van der Waals surface area contributed by atoms with Crippen molar-refractivity contribution in [3.8, 4) is 11.5 Å². The minimum atomic E-state index is -5.02. The fourth-order valence-electron chi connectivity index (χ4n) is 6.92. The monoisotopic (exact) mass is 698 g/mol. The van der Waals surface area contributed by atoms with Crippen LogP contribution in [-0.4, -0.2) is 79.4 Å². The number of rotatable bonds is 8. The number of aromatic nitrogens is 5. The van der Waals surface area contributed by atoms with Gasteiger partial charge in [-0.3, -0.25) is 14.4 Å². The average molecular weight is 699 g/mol. The Morgan fingerprint density at radius 3 is 2.54 bits per heavy atom. The Labute approximate surface area is 282 Å². The average Bonchev–Trinajstić information content (AvgIpc) is 3.03. The van der Waals surface area contributed by atoms with Gasteiger partial charge in [0.05, 0.1) is 17.6 Å². The van der Waals surface area contributed by atoms with Crippen LogP contribution in [-0.2, 0) is 17.8 Å². The van der Waals surface area contributed by atoms with Gasteiger partial charge >= 0.3 is 6.36 Å². The number of likely N-dealkylation sites (tertiary alicyclic amines) is 1. The summed E-state index contributed by atoms with van der Waals surface area (Å²) in [5.41, 5.74) is 0.651. The van der Waals surface area contributed by atoms with E-state index < -0.39 is 36.3 Å². The molecule has 1 aromatic carbocycles. The van der Waals surface area contributed by atoms with Crippen molar-refractivity contribution >= 4 is 34.5 Å². The maximum Gasteiger partial charge on any atom is 0.573 e. The zero-order valence-electron chi connectivity index (χ0n) is 27.6. The molecule has 1 unspecified atom stereocenters. The van der Waals surface area contributed by atoms with Gasteiger partial charge in [0.15, 0.2) is 22.6 Å². The summed E-state index contributed by atoms with van der Waals surface area (Å²) in [6.45, 7) is 3.27. The number of hydrogen-bond acceptors (Lipinski definition) is 10. The van der Waals surface area contributed by atoms with Crippen molar-refractivity contribution in [2.45, 2.75) is 64.4 Å². The molecule has 1 saturated carbocycles. The molecule has 17 heteroatoms. The quantitative estimate of drug-likeness (QED) is 0.255. The summed E-state index contributed by atoms with van der Waals surface area (Å²) in [6, 6.07) is 2.13. The molecule has 264 valence electrons. The lowest BCUT2D eigenvalue weighted by Gasteiger charge is -2.52. The van der Waals surface area contributed by atoms with E-state index in [1.807, 2.05) is 6.92 Å². The van der Waals surface area contributed by atoms with Crippen LogP contribution in [0.3, 0.4) is 0 Å². The number of aryl methyl sites for hydroxylation is 1. The molecule has 1 saturated heterocycles. The van der Waals surface area contributed by atoms with Crippen molar-refractivity contribution in [1.82, 2.24) is 29.4 Å². The van der Waals surface area contributed by atoms with Gasteiger partial charge in [0.2, 0.25) is 11.3 Å². The number of piperidine rings is 1. The number of ether oxygens (including phenoxy) is 1. The van der Waals surface area contributed by atoms with Crippen LogP contribution in [0.5, 0.6) is 11.5 Å². The summed E-state index contributed by atoms with van der Waals surface area (Å²) in [5.74, 6) is -3.34. The van der Waals surface area contributed by atoms with Gasteiger partial charge in [0.25, 0.3) is 5.91 Å². The number of pyridine rings is 1. The predicted octanol–water partition coefficient (Wildman–Crippen LogP) is 4.31. The minimum absolute atomic E-state index is 0.0341. The van der Waals surface area contributed by atoms with Gasteiger partial charge in [-0.05, 0) is 56.6 Å². The molecule has 3 aromatic heterocycles. The molecule has 6 rings (SSSR count). The number of carbonyl (C=O) groups is 2. The fourth-order valence-corrected chi connectivity index (χ4v) is 6.92. The number of nitrogens with zero attached hydrogens (tertiary/aromatic N) is 7. The Morgan fingerprint density at radius 2 is 1.90 bits per heavy atom. The van der Waals surface area contributed by atoms with Crippen molar-refractivity contribution in [1.29, 1.82) is 0 Å².